The standard InChI is InChI=1S/C15H14N2O5S/c1-7-5-9-12(8(2)11(7)20-3)23-14-16-6-10(13(18)17(9)14)22-15(19)21-4/h5-6H,1-4H3. The first-order chi connectivity index (χ1) is 11.0. The molecule has 3 rings (SSSR count). The Morgan fingerprint density at radius 3 is 2.70 bits per heavy atom. The van der Waals surface area contributed by atoms with Gasteiger partial charge in [-0.3, -0.25) is 4.79 Å². The molecule has 23 heavy (non-hydrogen) atoms. The Balaban J connectivity index is 2.35. The van der Waals surface area contributed by atoms with Crippen LogP contribution < -0.4 is 15.0 Å². The quantitative estimate of drug-likeness (QED) is 0.670. The Labute approximate surface area is 135 Å². The molecule has 0 radical (unpaired) electrons. The lowest BCUT2D eigenvalue weighted by Gasteiger charge is -2.09. The zero-order valence-corrected chi connectivity index (χ0v) is 13.8. The van der Waals surface area contributed by atoms with Gasteiger partial charge in [0.05, 0.1) is 30.6 Å². The van der Waals surface area contributed by atoms with Crippen molar-refractivity contribution in [1.82, 2.24) is 9.38 Å². The van der Waals surface area contributed by atoms with Crippen LogP contribution in [0.25, 0.3) is 15.2 Å². The molecule has 0 saturated heterocycles. The van der Waals surface area contributed by atoms with Gasteiger partial charge in [-0.15, -0.1) is 0 Å². The zero-order valence-electron chi connectivity index (χ0n) is 13.0. The van der Waals surface area contributed by atoms with E-state index in [9.17, 15) is 9.59 Å². The molecule has 0 atom stereocenters. The zero-order chi connectivity index (χ0) is 16.7. The Hall–Kier alpha value is -2.61. The second kappa shape index (κ2) is 5.54. The number of aromatic nitrogens is 2. The van der Waals surface area contributed by atoms with Gasteiger partial charge in [0.1, 0.15) is 5.75 Å². The van der Waals surface area contributed by atoms with Crippen LogP contribution in [-0.2, 0) is 4.74 Å². The topological polar surface area (TPSA) is 79.1 Å². The third-order valence-corrected chi connectivity index (χ3v) is 4.71. The van der Waals surface area contributed by atoms with E-state index in [0.29, 0.717) is 10.5 Å². The fourth-order valence-electron chi connectivity index (χ4n) is 2.54. The number of rotatable bonds is 2. The van der Waals surface area contributed by atoms with Crippen molar-refractivity contribution in [2.24, 2.45) is 0 Å². The van der Waals surface area contributed by atoms with Gasteiger partial charge in [0.15, 0.2) is 4.96 Å². The van der Waals surface area contributed by atoms with Crippen molar-refractivity contribution in [2.45, 2.75) is 13.8 Å². The minimum absolute atomic E-state index is 0.180. The number of hydrogen-bond donors (Lipinski definition) is 0. The average Bonchev–Trinajstić information content (AvgIpc) is 2.90. The molecular formula is C15H14N2O5S. The summed E-state index contributed by atoms with van der Waals surface area (Å²) in [6, 6.07) is 1.86. The maximum atomic E-state index is 12.6. The number of ether oxygens (including phenoxy) is 3. The van der Waals surface area contributed by atoms with Gasteiger partial charge in [0.25, 0.3) is 0 Å². The molecule has 0 aliphatic heterocycles. The summed E-state index contributed by atoms with van der Waals surface area (Å²) in [5, 5.41) is 0. The van der Waals surface area contributed by atoms with E-state index in [-0.39, 0.29) is 5.75 Å². The lowest BCUT2D eigenvalue weighted by molar-refractivity contribution is 0.120. The van der Waals surface area contributed by atoms with Crippen molar-refractivity contribution in [2.75, 3.05) is 14.2 Å². The minimum atomic E-state index is -0.961. The predicted molar refractivity (Wildman–Crippen MR) is 85.9 cm³/mol. The first kappa shape index (κ1) is 15.3. The van der Waals surface area contributed by atoms with E-state index in [1.807, 2.05) is 19.9 Å². The number of methoxy groups -OCH3 is 2. The lowest BCUT2D eigenvalue weighted by atomic mass is 10.1. The molecule has 0 N–H and O–H groups in total. The van der Waals surface area contributed by atoms with Crippen LogP contribution in [-0.4, -0.2) is 29.8 Å². The molecule has 2 aromatic heterocycles. The molecule has 7 nitrogen and oxygen atoms in total. The Bertz CT molecular complexity index is 989. The largest absolute Gasteiger partial charge is 0.513 e. The van der Waals surface area contributed by atoms with Gasteiger partial charge in [-0.05, 0) is 25.5 Å². The molecule has 0 bridgehead atoms. The van der Waals surface area contributed by atoms with E-state index in [1.54, 1.807) is 7.11 Å². The Morgan fingerprint density at radius 2 is 2.04 bits per heavy atom. The third-order valence-electron chi connectivity index (χ3n) is 3.52. The fraction of sp³-hybridized carbons (Fsp3) is 0.267. The molecule has 0 aliphatic rings. The van der Waals surface area contributed by atoms with Gasteiger partial charge in [-0.25, -0.2) is 14.2 Å². The molecule has 0 fully saturated rings. The van der Waals surface area contributed by atoms with Crippen molar-refractivity contribution in [3.63, 3.8) is 0 Å². The van der Waals surface area contributed by atoms with Crippen LogP contribution in [0.3, 0.4) is 0 Å². The highest BCUT2D eigenvalue weighted by molar-refractivity contribution is 7.23. The highest BCUT2D eigenvalue weighted by Crippen LogP contribution is 2.35. The predicted octanol–water partition coefficient (Wildman–Crippen LogP) is 2.68. The SMILES string of the molecule is COC(=O)Oc1cnc2sc3c(C)c(OC)c(C)cc3n2c1=O. The van der Waals surface area contributed by atoms with Gasteiger partial charge >= 0.3 is 11.7 Å². The monoisotopic (exact) mass is 334 g/mol. The van der Waals surface area contributed by atoms with E-state index in [1.165, 1.54) is 29.0 Å². The van der Waals surface area contributed by atoms with Crippen LogP contribution in [0.1, 0.15) is 11.1 Å². The molecule has 0 saturated carbocycles. The summed E-state index contributed by atoms with van der Waals surface area (Å²) in [7, 11) is 2.78. The number of nitrogens with zero attached hydrogens (tertiary/aromatic N) is 2. The molecule has 0 aliphatic carbocycles. The summed E-state index contributed by atoms with van der Waals surface area (Å²) in [5.74, 6) is 0.600. The van der Waals surface area contributed by atoms with Gasteiger partial charge in [0.2, 0.25) is 5.75 Å². The van der Waals surface area contributed by atoms with Crippen LogP contribution in [0.15, 0.2) is 17.1 Å². The van der Waals surface area contributed by atoms with Crippen molar-refractivity contribution < 1.29 is 19.0 Å². The summed E-state index contributed by atoms with van der Waals surface area (Å²) >= 11 is 1.37. The highest BCUT2D eigenvalue weighted by atomic mass is 32.1. The van der Waals surface area contributed by atoms with E-state index < -0.39 is 11.7 Å². The van der Waals surface area contributed by atoms with E-state index in [4.69, 9.17) is 9.47 Å². The number of carbonyl (C=O) groups excluding carboxylic acids is 1. The molecule has 0 amide bonds. The van der Waals surface area contributed by atoms with Crippen LogP contribution in [0, 0.1) is 13.8 Å². The maximum Gasteiger partial charge on any atom is 0.513 e. The molecule has 3 aromatic rings. The molecule has 2 heterocycles. The summed E-state index contributed by atoms with van der Waals surface area (Å²) in [4.78, 5) is 28.5. The normalized spacial score (nSPS) is 11.0. The number of benzene rings is 1. The number of fused-ring (bicyclic) bond motifs is 3. The molecule has 8 heteroatoms. The summed E-state index contributed by atoms with van der Waals surface area (Å²) in [5.41, 5.74) is 2.08. The first-order valence-corrected chi connectivity index (χ1v) is 7.53. The minimum Gasteiger partial charge on any atom is -0.496 e. The molecule has 0 unspecified atom stereocenters. The number of hydrogen-bond acceptors (Lipinski definition) is 7. The smallest absolute Gasteiger partial charge is 0.496 e. The summed E-state index contributed by atoms with van der Waals surface area (Å²) < 4.78 is 17.0. The number of carbonyl (C=O) groups is 1. The van der Waals surface area contributed by atoms with Crippen molar-refractivity contribution in [1.29, 1.82) is 0 Å². The van der Waals surface area contributed by atoms with Crippen molar-refractivity contribution >= 4 is 32.7 Å². The number of thiazole rings is 1. The van der Waals surface area contributed by atoms with E-state index in [2.05, 4.69) is 9.72 Å². The van der Waals surface area contributed by atoms with Crippen LogP contribution in [0.5, 0.6) is 11.5 Å². The lowest BCUT2D eigenvalue weighted by Crippen LogP contribution is -2.19. The second-order valence-corrected chi connectivity index (χ2v) is 5.88. The van der Waals surface area contributed by atoms with Gasteiger partial charge < -0.3 is 14.2 Å². The van der Waals surface area contributed by atoms with E-state index >= 15 is 0 Å². The molecule has 0 spiro atoms. The van der Waals surface area contributed by atoms with Crippen LogP contribution in [0.4, 0.5) is 4.79 Å². The summed E-state index contributed by atoms with van der Waals surface area (Å²) in [6.07, 6.45) is 0.265. The van der Waals surface area contributed by atoms with Crippen molar-refractivity contribution in [3.8, 4) is 11.5 Å². The molecule has 120 valence electrons. The molecule has 1 aromatic carbocycles. The second-order valence-electron chi connectivity index (χ2n) is 4.90. The van der Waals surface area contributed by atoms with Crippen molar-refractivity contribution in [3.05, 3.63) is 33.7 Å². The Morgan fingerprint density at radius 1 is 1.30 bits per heavy atom. The third kappa shape index (κ3) is 2.31. The number of aryl methyl sites for hydroxylation is 2. The fourth-order valence-corrected chi connectivity index (χ4v) is 3.60. The van der Waals surface area contributed by atoms with Gasteiger partial charge in [-0.1, -0.05) is 11.3 Å². The van der Waals surface area contributed by atoms with Gasteiger partial charge in [-0.2, -0.15) is 0 Å². The highest BCUT2D eigenvalue weighted by Gasteiger charge is 2.18. The average molecular weight is 334 g/mol. The molecular weight excluding hydrogens is 320 g/mol. The van der Waals surface area contributed by atoms with E-state index in [0.717, 1.165) is 21.6 Å². The van der Waals surface area contributed by atoms with Gasteiger partial charge in [0, 0.05) is 5.56 Å². The van der Waals surface area contributed by atoms with Crippen LogP contribution >= 0.6 is 11.3 Å². The first-order valence-electron chi connectivity index (χ1n) is 6.72. The van der Waals surface area contributed by atoms with Crippen LogP contribution in [0.2, 0.25) is 0 Å². The maximum absolute atomic E-state index is 12.6. The summed E-state index contributed by atoms with van der Waals surface area (Å²) in [6.45, 7) is 3.84. The Kier molecular flexibility index (Phi) is 3.69.